The Morgan fingerprint density at radius 2 is 2.15 bits per heavy atom. The van der Waals surface area contributed by atoms with Crippen LogP contribution in [-0.2, 0) is 4.79 Å². The van der Waals surface area contributed by atoms with Gasteiger partial charge in [-0.05, 0) is 40.5 Å². The Morgan fingerprint density at radius 3 is 2.65 bits per heavy atom. The third-order valence-corrected chi connectivity index (χ3v) is 3.21. The summed E-state index contributed by atoms with van der Waals surface area (Å²) in [4.78, 5) is 22.7. The molecule has 1 rings (SSSR count). The van der Waals surface area contributed by atoms with Crippen molar-refractivity contribution in [1.29, 1.82) is 0 Å². The highest BCUT2D eigenvalue weighted by Gasteiger charge is 2.18. The number of carboxylic acid groups (broad SMARTS) is 1. The molecule has 1 aromatic rings. The van der Waals surface area contributed by atoms with Crippen LogP contribution in [0.25, 0.3) is 0 Å². The summed E-state index contributed by atoms with van der Waals surface area (Å²) in [5, 5.41) is 14.0. The lowest BCUT2D eigenvalue weighted by molar-refractivity contribution is -0.139. The maximum atomic E-state index is 11.7. The van der Waals surface area contributed by atoms with Crippen LogP contribution >= 0.6 is 15.9 Å². The molecule has 1 aromatic carbocycles. The van der Waals surface area contributed by atoms with Gasteiger partial charge in [-0.3, -0.25) is 0 Å². The molecule has 6 nitrogen and oxygen atoms in total. The minimum atomic E-state index is -1.04. The van der Waals surface area contributed by atoms with Gasteiger partial charge in [-0.15, -0.1) is 0 Å². The Morgan fingerprint density at radius 1 is 1.45 bits per heavy atom. The average Bonchev–Trinajstić information content (AvgIpc) is 2.38. The third-order valence-electron chi connectivity index (χ3n) is 2.59. The number of halogens is 1. The fourth-order valence-electron chi connectivity index (χ4n) is 1.62. The van der Waals surface area contributed by atoms with Crippen molar-refractivity contribution in [3.8, 4) is 5.75 Å². The molecule has 0 aromatic heterocycles. The fraction of sp³-hybridized carbons (Fsp3) is 0.385. The summed E-state index contributed by atoms with van der Waals surface area (Å²) in [6.07, 6.45) is 1.06. The molecule has 110 valence electrons. The van der Waals surface area contributed by atoms with Crippen molar-refractivity contribution in [2.24, 2.45) is 0 Å². The number of methoxy groups -OCH3 is 1. The SMILES string of the molecule is CCC[C@@H](NC(=O)Nc1ccc(OC)c(Br)c1)C(=O)O. The zero-order valence-corrected chi connectivity index (χ0v) is 12.9. The minimum absolute atomic E-state index is 0.384. The molecule has 0 radical (unpaired) electrons. The number of carboxylic acids is 1. The van der Waals surface area contributed by atoms with E-state index in [0.717, 1.165) is 0 Å². The number of aliphatic carboxylic acids is 1. The van der Waals surface area contributed by atoms with Gasteiger partial charge in [0.1, 0.15) is 11.8 Å². The number of nitrogens with one attached hydrogen (secondary N) is 2. The first-order chi connectivity index (χ1) is 9.47. The van der Waals surface area contributed by atoms with Gasteiger partial charge in [0, 0.05) is 5.69 Å². The van der Waals surface area contributed by atoms with E-state index in [1.165, 1.54) is 0 Å². The van der Waals surface area contributed by atoms with Gasteiger partial charge in [0.15, 0.2) is 0 Å². The van der Waals surface area contributed by atoms with Crippen LogP contribution in [0.15, 0.2) is 22.7 Å². The average molecular weight is 345 g/mol. The molecule has 2 amide bonds. The molecule has 0 aliphatic carbocycles. The predicted molar refractivity (Wildman–Crippen MR) is 79.2 cm³/mol. The first-order valence-corrected chi connectivity index (χ1v) is 6.91. The number of amides is 2. The smallest absolute Gasteiger partial charge is 0.326 e. The molecule has 0 unspecified atom stereocenters. The van der Waals surface area contributed by atoms with E-state index in [-0.39, 0.29) is 0 Å². The van der Waals surface area contributed by atoms with Crippen molar-refractivity contribution >= 4 is 33.6 Å². The molecule has 0 bridgehead atoms. The molecule has 7 heteroatoms. The highest BCUT2D eigenvalue weighted by atomic mass is 79.9. The van der Waals surface area contributed by atoms with E-state index in [4.69, 9.17) is 9.84 Å². The summed E-state index contributed by atoms with van der Waals surface area (Å²) in [6, 6.07) is 3.59. The summed E-state index contributed by atoms with van der Waals surface area (Å²) in [5.41, 5.74) is 0.538. The van der Waals surface area contributed by atoms with Gasteiger partial charge < -0.3 is 20.5 Å². The van der Waals surface area contributed by atoms with Crippen LogP contribution in [0.5, 0.6) is 5.75 Å². The van der Waals surface area contributed by atoms with Crippen LogP contribution in [0.2, 0.25) is 0 Å². The van der Waals surface area contributed by atoms with Gasteiger partial charge in [0.2, 0.25) is 0 Å². The van der Waals surface area contributed by atoms with Gasteiger partial charge in [-0.2, -0.15) is 0 Å². The second-order valence-electron chi connectivity index (χ2n) is 4.13. The lowest BCUT2D eigenvalue weighted by atomic mass is 10.2. The highest BCUT2D eigenvalue weighted by molar-refractivity contribution is 9.10. The summed E-state index contributed by atoms with van der Waals surface area (Å²) in [6.45, 7) is 1.86. The Hall–Kier alpha value is -1.76. The Balaban J connectivity index is 2.66. The van der Waals surface area contributed by atoms with Gasteiger partial charge in [0.05, 0.1) is 11.6 Å². The molecule has 0 aliphatic heterocycles. The maximum absolute atomic E-state index is 11.7. The van der Waals surface area contributed by atoms with Crippen LogP contribution < -0.4 is 15.4 Å². The molecule has 0 spiro atoms. The lowest BCUT2D eigenvalue weighted by Crippen LogP contribution is -2.42. The number of carbonyl (C=O) groups excluding carboxylic acids is 1. The third kappa shape index (κ3) is 4.73. The summed E-state index contributed by atoms with van der Waals surface area (Å²) in [7, 11) is 1.54. The van der Waals surface area contributed by atoms with Crippen LogP contribution in [0.1, 0.15) is 19.8 Å². The quantitative estimate of drug-likeness (QED) is 0.740. The molecule has 20 heavy (non-hydrogen) atoms. The van der Waals surface area contributed by atoms with E-state index in [1.54, 1.807) is 25.3 Å². The van der Waals surface area contributed by atoms with Crippen molar-refractivity contribution in [1.82, 2.24) is 5.32 Å². The van der Waals surface area contributed by atoms with Crippen molar-refractivity contribution in [2.45, 2.75) is 25.8 Å². The number of hydrogen-bond acceptors (Lipinski definition) is 3. The highest BCUT2D eigenvalue weighted by Crippen LogP contribution is 2.27. The van der Waals surface area contributed by atoms with Crippen molar-refractivity contribution < 1.29 is 19.4 Å². The Kier molecular flexibility index (Phi) is 6.30. The number of ether oxygens (including phenoxy) is 1. The van der Waals surface area contributed by atoms with Crippen LogP contribution in [-0.4, -0.2) is 30.3 Å². The number of carbonyl (C=O) groups is 2. The first kappa shape index (κ1) is 16.3. The van der Waals surface area contributed by atoms with Gasteiger partial charge in [-0.1, -0.05) is 13.3 Å². The van der Waals surface area contributed by atoms with E-state index in [1.807, 2.05) is 6.92 Å². The molecule has 1 atom stereocenters. The largest absolute Gasteiger partial charge is 0.496 e. The van der Waals surface area contributed by atoms with Crippen molar-refractivity contribution in [3.05, 3.63) is 22.7 Å². The summed E-state index contributed by atoms with van der Waals surface area (Å²) in [5.74, 6) is -0.400. The van der Waals surface area contributed by atoms with Crippen molar-refractivity contribution in [3.63, 3.8) is 0 Å². The topological polar surface area (TPSA) is 87.7 Å². The van der Waals surface area contributed by atoms with E-state index in [2.05, 4.69) is 26.6 Å². The molecule has 3 N–H and O–H groups in total. The summed E-state index contributed by atoms with van der Waals surface area (Å²) >= 11 is 3.31. The normalized spacial score (nSPS) is 11.6. The standard InChI is InChI=1S/C13H17BrN2O4/c1-3-4-10(12(17)18)16-13(19)15-8-5-6-11(20-2)9(14)7-8/h5-7,10H,3-4H2,1-2H3,(H,17,18)(H2,15,16,19)/t10-/m1/s1. The number of urea groups is 1. The molecule has 0 aliphatic rings. The van der Waals surface area contributed by atoms with Crippen LogP contribution in [0.3, 0.4) is 0 Å². The van der Waals surface area contributed by atoms with Gasteiger partial charge >= 0.3 is 12.0 Å². The van der Waals surface area contributed by atoms with E-state index >= 15 is 0 Å². The number of anilines is 1. The molecule has 0 saturated carbocycles. The zero-order valence-electron chi connectivity index (χ0n) is 11.3. The summed E-state index contributed by atoms with van der Waals surface area (Å²) < 4.78 is 5.78. The van der Waals surface area contributed by atoms with Crippen LogP contribution in [0, 0.1) is 0 Å². The van der Waals surface area contributed by atoms with E-state index in [0.29, 0.717) is 28.8 Å². The van der Waals surface area contributed by atoms with Gasteiger partial charge in [-0.25, -0.2) is 9.59 Å². The lowest BCUT2D eigenvalue weighted by Gasteiger charge is -2.14. The zero-order chi connectivity index (χ0) is 15.1. The fourth-order valence-corrected chi connectivity index (χ4v) is 2.16. The molecular weight excluding hydrogens is 328 g/mol. The van der Waals surface area contributed by atoms with E-state index < -0.39 is 18.0 Å². The molecule has 0 fully saturated rings. The number of hydrogen-bond donors (Lipinski definition) is 3. The number of rotatable bonds is 6. The van der Waals surface area contributed by atoms with Crippen LogP contribution in [0.4, 0.5) is 10.5 Å². The van der Waals surface area contributed by atoms with E-state index in [9.17, 15) is 9.59 Å². The van der Waals surface area contributed by atoms with Crippen molar-refractivity contribution in [2.75, 3.05) is 12.4 Å². The van der Waals surface area contributed by atoms with Gasteiger partial charge in [0.25, 0.3) is 0 Å². The Bertz CT molecular complexity index is 493. The Labute approximate surface area is 125 Å². The predicted octanol–water partition coefficient (Wildman–Crippen LogP) is 2.83. The minimum Gasteiger partial charge on any atom is -0.496 e. The molecular formula is C13H17BrN2O4. The second-order valence-corrected chi connectivity index (χ2v) is 4.98. The number of benzene rings is 1. The molecule has 0 saturated heterocycles. The monoisotopic (exact) mass is 344 g/mol. The maximum Gasteiger partial charge on any atom is 0.326 e. The second kappa shape index (κ2) is 7.74. The molecule has 0 heterocycles. The first-order valence-electron chi connectivity index (χ1n) is 6.11.